The smallest absolute Gasteiger partial charge is 0.269 e. The lowest BCUT2D eigenvalue weighted by atomic mass is 10.1. The number of piperazine rings is 1. The fourth-order valence-corrected chi connectivity index (χ4v) is 4.72. The first kappa shape index (κ1) is 22.3. The van der Waals surface area contributed by atoms with Crippen molar-refractivity contribution in [1.29, 1.82) is 0 Å². The van der Waals surface area contributed by atoms with Gasteiger partial charge in [0.05, 0.1) is 16.3 Å². The van der Waals surface area contributed by atoms with Crippen LogP contribution in [0.5, 0.6) is 0 Å². The van der Waals surface area contributed by atoms with E-state index in [1.165, 1.54) is 6.42 Å². The molecule has 4 aromatic rings. The van der Waals surface area contributed by atoms with Crippen molar-refractivity contribution in [3.63, 3.8) is 0 Å². The van der Waals surface area contributed by atoms with E-state index < -0.39 is 0 Å². The van der Waals surface area contributed by atoms with Crippen molar-refractivity contribution in [3.05, 3.63) is 88.7 Å². The van der Waals surface area contributed by atoms with Crippen molar-refractivity contribution >= 4 is 11.3 Å². The maximum absolute atomic E-state index is 11.1. The molecule has 0 radical (unpaired) electrons. The van der Waals surface area contributed by atoms with E-state index >= 15 is 0 Å². The number of nitro benzene ring substituents is 1. The zero-order valence-electron chi connectivity index (χ0n) is 19.4. The molecule has 3 heterocycles. The minimum absolute atomic E-state index is 0.0903. The Morgan fingerprint density at radius 3 is 2.21 bits per heavy atom. The van der Waals surface area contributed by atoms with Gasteiger partial charge in [-0.05, 0) is 48.4 Å². The first-order valence-electron chi connectivity index (χ1n) is 11.9. The van der Waals surface area contributed by atoms with Gasteiger partial charge in [-0.1, -0.05) is 37.3 Å². The second-order valence-electron chi connectivity index (χ2n) is 8.84. The van der Waals surface area contributed by atoms with Crippen molar-refractivity contribution < 1.29 is 4.92 Å². The largest absolute Gasteiger partial charge is 0.301 e. The number of non-ortho nitro benzene ring substituents is 1. The predicted octanol–water partition coefficient (Wildman–Crippen LogP) is 5.10. The van der Waals surface area contributed by atoms with Crippen LogP contribution in [0.1, 0.15) is 19.0 Å². The van der Waals surface area contributed by atoms with Crippen molar-refractivity contribution in [2.45, 2.75) is 19.9 Å². The molecule has 2 aromatic carbocycles. The molecule has 0 atom stereocenters. The number of nitrogens with zero attached hydrogens (tertiary/aromatic N) is 5. The Bertz CT molecular complexity index is 1280. The summed E-state index contributed by atoms with van der Waals surface area (Å²) in [7, 11) is 0. The highest BCUT2D eigenvalue weighted by Gasteiger charge is 2.21. The highest BCUT2D eigenvalue weighted by Crippen LogP contribution is 2.29. The quantitative estimate of drug-likeness (QED) is 0.286. The standard InChI is InChI=1S/C27H29N5O2/c1-2-14-29-15-17-30(18-16-29)20-25-27(22-8-11-24(12-9-22)32(33)34)28-26-13-10-23(19-31(25)26)21-6-4-3-5-7-21/h3-13,19H,2,14-18,20H2,1H3. The summed E-state index contributed by atoms with van der Waals surface area (Å²) in [6.45, 7) is 8.35. The van der Waals surface area contributed by atoms with Crippen molar-refractivity contribution in [1.82, 2.24) is 19.2 Å². The average molecular weight is 456 g/mol. The van der Waals surface area contributed by atoms with E-state index in [0.29, 0.717) is 0 Å². The molecule has 2 aromatic heterocycles. The maximum Gasteiger partial charge on any atom is 0.269 e. The zero-order valence-corrected chi connectivity index (χ0v) is 19.4. The summed E-state index contributed by atoms with van der Waals surface area (Å²) < 4.78 is 2.19. The Balaban J connectivity index is 1.54. The average Bonchev–Trinajstić information content (AvgIpc) is 3.23. The molecule has 1 fully saturated rings. The van der Waals surface area contributed by atoms with Crippen LogP contribution < -0.4 is 0 Å². The number of hydrogen-bond donors (Lipinski definition) is 0. The fraction of sp³-hybridized carbons (Fsp3) is 0.296. The summed E-state index contributed by atoms with van der Waals surface area (Å²) in [4.78, 5) is 20.7. The lowest BCUT2D eigenvalue weighted by Gasteiger charge is -2.34. The summed E-state index contributed by atoms with van der Waals surface area (Å²) in [5.74, 6) is 0. The van der Waals surface area contributed by atoms with Gasteiger partial charge in [0, 0.05) is 56.6 Å². The van der Waals surface area contributed by atoms with Crippen LogP contribution in [0.3, 0.4) is 0 Å². The van der Waals surface area contributed by atoms with E-state index in [1.54, 1.807) is 24.3 Å². The van der Waals surface area contributed by atoms with Crippen LogP contribution in [0.4, 0.5) is 5.69 Å². The minimum Gasteiger partial charge on any atom is -0.301 e. The Kier molecular flexibility index (Phi) is 6.38. The Hall–Kier alpha value is -3.55. The molecule has 1 aliphatic rings. The number of fused-ring (bicyclic) bond motifs is 1. The minimum atomic E-state index is -0.365. The fourth-order valence-electron chi connectivity index (χ4n) is 4.72. The van der Waals surface area contributed by atoms with Crippen LogP contribution in [0.2, 0.25) is 0 Å². The van der Waals surface area contributed by atoms with Crippen molar-refractivity contribution in [2.75, 3.05) is 32.7 Å². The van der Waals surface area contributed by atoms with Gasteiger partial charge >= 0.3 is 0 Å². The Morgan fingerprint density at radius 2 is 1.53 bits per heavy atom. The molecule has 1 saturated heterocycles. The number of hydrogen-bond acceptors (Lipinski definition) is 5. The van der Waals surface area contributed by atoms with Crippen LogP contribution in [-0.2, 0) is 6.54 Å². The monoisotopic (exact) mass is 455 g/mol. The number of benzene rings is 2. The number of aromatic nitrogens is 2. The number of pyridine rings is 1. The van der Waals surface area contributed by atoms with Crippen molar-refractivity contribution in [2.24, 2.45) is 0 Å². The van der Waals surface area contributed by atoms with Gasteiger partial charge < -0.3 is 9.30 Å². The van der Waals surface area contributed by atoms with Gasteiger partial charge in [0.15, 0.2) is 0 Å². The zero-order chi connectivity index (χ0) is 23.5. The van der Waals surface area contributed by atoms with E-state index in [0.717, 1.165) is 73.0 Å². The van der Waals surface area contributed by atoms with E-state index in [1.807, 2.05) is 18.2 Å². The maximum atomic E-state index is 11.1. The molecule has 0 unspecified atom stereocenters. The lowest BCUT2D eigenvalue weighted by molar-refractivity contribution is -0.384. The third-order valence-corrected chi connectivity index (χ3v) is 6.55. The molecule has 174 valence electrons. The summed E-state index contributed by atoms with van der Waals surface area (Å²) in [5.41, 5.74) is 6.17. The molecule has 0 amide bonds. The molecule has 0 N–H and O–H groups in total. The normalized spacial score (nSPS) is 15.1. The molecule has 1 aliphatic heterocycles. The molecule has 0 spiro atoms. The molecular weight excluding hydrogens is 426 g/mol. The molecule has 7 nitrogen and oxygen atoms in total. The summed E-state index contributed by atoms with van der Waals surface area (Å²) in [6, 6.07) is 21.2. The summed E-state index contributed by atoms with van der Waals surface area (Å²) in [6.07, 6.45) is 3.34. The van der Waals surface area contributed by atoms with Crippen molar-refractivity contribution in [3.8, 4) is 22.4 Å². The molecule has 0 bridgehead atoms. The Labute approximate surface area is 199 Å². The van der Waals surface area contributed by atoms with Gasteiger partial charge in [-0.3, -0.25) is 15.0 Å². The van der Waals surface area contributed by atoms with Crippen LogP contribution in [0.15, 0.2) is 72.9 Å². The SMILES string of the molecule is CCCN1CCN(Cc2c(-c3ccc([N+](=O)[O-])cc3)nc3ccc(-c4ccccc4)cn23)CC1. The molecule has 7 heteroatoms. The van der Waals surface area contributed by atoms with E-state index in [-0.39, 0.29) is 10.6 Å². The first-order valence-corrected chi connectivity index (χ1v) is 11.9. The van der Waals surface area contributed by atoms with E-state index in [9.17, 15) is 10.1 Å². The van der Waals surface area contributed by atoms with Crippen LogP contribution >= 0.6 is 0 Å². The van der Waals surface area contributed by atoms with Gasteiger partial charge in [-0.15, -0.1) is 0 Å². The third kappa shape index (κ3) is 4.58. The lowest BCUT2D eigenvalue weighted by Crippen LogP contribution is -2.46. The van der Waals surface area contributed by atoms with E-state index in [4.69, 9.17) is 4.98 Å². The second kappa shape index (κ2) is 9.75. The van der Waals surface area contributed by atoms with Gasteiger partial charge in [0.2, 0.25) is 0 Å². The first-order chi connectivity index (χ1) is 16.6. The topological polar surface area (TPSA) is 66.9 Å². The number of nitro groups is 1. The number of rotatable bonds is 7. The summed E-state index contributed by atoms with van der Waals surface area (Å²) >= 11 is 0. The van der Waals surface area contributed by atoms with Crippen LogP contribution in [0, 0.1) is 10.1 Å². The van der Waals surface area contributed by atoms with Gasteiger partial charge in [0.1, 0.15) is 5.65 Å². The van der Waals surface area contributed by atoms with Gasteiger partial charge in [-0.25, -0.2) is 4.98 Å². The molecular formula is C27H29N5O2. The highest BCUT2D eigenvalue weighted by atomic mass is 16.6. The van der Waals surface area contributed by atoms with Gasteiger partial charge in [-0.2, -0.15) is 0 Å². The van der Waals surface area contributed by atoms with Gasteiger partial charge in [0.25, 0.3) is 5.69 Å². The second-order valence-corrected chi connectivity index (χ2v) is 8.84. The molecule has 0 aliphatic carbocycles. The molecule has 34 heavy (non-hydrogen) atoms. The predicted molar refractivity (Wildman–Crippen MR) is 135 cm³/mol. The third-order valence-electron chi connectivity index (χ3n) is 6.55. The summed E-state index contributed by atoms with van der Waals surface area (Å²) in [5, 5.41) is 11.1. The molecule has 5 rings (SSSR count). The van der Waals surface area contributed by atoms with Crippen LogP contribution in [0.25, 0.3) is 28.0 Å². The van der Waals surface area contributed by atoms with E-state index in [2.05, 4.69) is 51.6 Å². The Morgan fingerprint density at radius 1 is 0.853 bits per heavy atom. The highest BCUT2D eigenvalue weighted by molar-refractivity contribution is 5.70. The number of imidazole rings is 1. The molecule has 0 saturated carbocycles. The van der Waals surface area contributed by atoms with Crippen LogP contribution in [-0.4, -0.2) is 56.8 Å².